The average molecular weight is 262 g/mol. The van der Waals surface area contributed by atoms with Crippen molar-refractivity contribution in [3.8, 4) is 0 Å². The zero-order valence-electron chi connectivity index (χ0n) is 10.4. The summed E-state index contributed by atoms with van der Waals surface area (Å²) in [4.78, 5) is 0. The molecular weight excluding hydrogens is 240 g/mol. The van der Waals surface area contributed by atoms with Crippen LogP contribution in [0.4, 0.5) is 0 Å². The molecule has 2 aliphatic rings. The second kappa shape index (κ2) is 4.84. The first-order chi connectivity index (χ1) is 7.95. The van der Waals surface area contributed by atoms with Gasteiger partial charge in [-0.3, -0.25) is 0 Å². The Morgan fingerprint density at radius 2 is 2.18 bits per heavy atom. The van der Waals surface area contributed by atoms with Crippen molar-refractivity contribution in [1.29, 1.82) is 0 Å². The SMILES string of the molecule is CC1(CNS(=O)(=O)N2CCCC(CO)C2)CC1. The van der Waals surface area contributed by atoms with Crippen molar-refractivity contribution in [3.63, 3.8) is 0 Å². The molecule has 100 valence electrons. The van der Waals surface area contributed by atoms with Gasteiger partial charge in [0.1, 0.15) is 0 Å². The number of rotatable bonds is 5. The number of aliphatic hydroxyl groups excluding tert-OH is 1. The molecule has 0 aromatic rings. The number of nitrogens with zero attached hydrogens (tertiary/aromatic N) is 1. The minimum Gasteiger partial charge on any atom is -0.396 e. The number of nitrogens with one attached hydrogen (secondary N) is 1. The number of hydrogen-bond donors (Lipinski definition) is 2. The van der Waals surface area contributed by atoms with Crippen LogP contribution in [0.25, 0.3) is 0 Å². The molecule has 1 saturated heterocycles. The molecule has 0 bridgehead atoms. The fourth-order valence-corrected chi connectivity index (χ4v) is 3.63. The van der Waals surface area contributed by atoms with Crippen LogP contribution >= 0.6 is 0 Å². The molecule has 17 heavy (non-hydrogen) atoms. The van der Waals surface area contributed by atoms with Crippen molar-refractivity contribution in [2.24, 2.45) is 11.3 Å². The lowest BCUT2D eigenvalue weighted by molar-refractivity contribution is 0.164. The van der Waals surface area contributed by atoms with Gasteiger partial charge < -0.3 is 5.11 Å². The van der Waals surface area contributed by atoms with Crippen LogP contribution < -0.4 is 4.72 Å². The molecule has 1 atom stereocenters. The van der Waals surface area contributed by atoms with Crippen molar-refractivity contribution < 1.29 is 13.5 Å². The molecule has 6 heteroatoms. The summed E-state index contributed by atoms with van der Waals surface area (Å²) < 4.78 is 28.3. The van der Waals surface area contributed by atoms with Crippen molar-refractivity contribution >= 4 is 10.2 Å². The van der Waals surface area contributed by atoms with E-state index in [0.29, 0.717) is 19.6 Å². The van der Waals surface area contributed by atoms with E-state index in [9.17, 15) is 8.42 Å². The van der Waals surface area contributed by atoms with Gasteiger partial charge >= 0.3 is 0 Å². The Hall–Kier alpha value is -0.170. The first kappa shape index (κ1) is 13.3. The van der Waals surface area contributed by atoms with Crippen LogP contribution in [0.2, 0.25) is 0 Å². The molecular formula is C11H22N2O3S. The third kappa shape index (κ3) is 3.40. The maximum atomic E-state index is 12.1. The summed E-state index contributed by atoms with van der Waals surface area (Å²) >= 11 is 0. The second-order valence-electron chi connectivity index (χ2n) is 5.69. The van der Waals surface area contributed by atoms with E-state index in [1.165, 1.54) is 4.31 Å². The highest BCUT2D eigenvalue weighted by Gasteiger charge is 2.39. The highest BCUT2D eigenvalue weighted by Crippen LogP contribution is 2.44. The van der Waals surface area contributed by atoms with Gasteiger partial charge in [-0.15, -0.1) is 0 Å². The van der Waals surface area contributed by atoms with Crippen LogP contribution in [-0.2, 0) is 10.2 Å². The minimum atomic E-state index is -3.35. The van der Waals surface area contributed by atoms with Gasteiger partial charge in [0, 0.05) is 26.2 Å². The normalized spacial score (nSPS) is 29.2. The third-order valence-corrected chi connectivity index (χ3v) is 5.39. The Morgan fingerprint density at radius 3 is 2.76 bits per heavy atom. The summed E-state index contributed by atoms with van der Waals surface area (Å²) in [5.41, 5.74) is 0.180. The predicted molar refractivity (Wildman–Crippen MR) is 65.6 cm³/mol. The van der Waals surface area contributed by atoms with Gasteiger partial charge in [-0.05, 0) is 37.0 Å². The van der Waals surface area contributed by atoms with Crippen LogP contribution in [0, 0.1) is 11.3 Å². The van der Waals surface area contributed by atoms with Crippen LogP contribution in [-0.4, -0.2) is 44.1 Å². The molecule has 5 nitrogen and oxygen atoms in total. The van der Waals surface area contributed by atoms with E-state index in [1.807, 2.05) is 0 Å². The number of piperidine rings is 1. The van der Waals surface area contributed by atoms with Crippen LogP contribution in [0.3, 0.4) is 0 Å². The van der Waals surface area contributed by atoms with Crippen LogP contribution in [0.5, 0.6) is 0 Å². The van der Waals surface area contributed by atoms with Gasteiger partial charge in [-0.25, -0.2) is 4.72 Å². The van der Waals surface area contributed by atoms with E-state index >= 15 is 0 Å². The summed E-state index contributed by atoms with van der Waals surface area (Å²) in [5.74, 6) is 0.0943. The fourth-order valence-electron chi connectivity index (χ4n) is 2.14. The Balaban J connectivity index is 1.90. The van der Waals surface area contributed by atoms with E-state index in [4.69, 9.17) is 5.11 Å². The Labute approximate surface area is 103 Å². The van der Waals surface area contributed by atoms with Gasteiger partial charge in [0.25, 0.3) is 10.2 Å². The zero-order valence-corrected chi connectivity index (χ0v) is 11.2. The number of aliphatic hydroxyl groups is 1. The molecule has 0 radical (unpaired) electrons. The van der Waals surface area contributed by atoms with Crippen molar-refractivity contribution in [1.82, 2.24) is 9.03 Å². The highest BCUT2D eigenvalue weighted by atomic mass is 32.2. The summed E-state index contributed by atoms with van der Waals surface area (Å²) in [6.45, 7) is 3.73. The highest BCUT2D eigenvalue weighted by molar-refractivity contribution is 7.87. The Kier molecular flexibility index (Phi) is 3.77. The average Bonchev–Trinajstić information content (AvgIpc) is 3.06. The molecule has 0 aromatic heterocycles. The summed E-state index contributed by atoms with van der Waals surface area (Å²) in [6, 6.07) is 0. The standard InChI is InChI=1S/C11H22N2O3S/c1-11(4-5-11)9-12-17(15,16)13-6-2-3-10(7-13)8-14/h10,12,14H,2-9H2,1H3. The molecule has 1 unspecified atom stereocenters. The quantitative estimate of drug-likeness (QED) is 0.750. The molecule has 0 amide bonds. The van der Waals surface area contributed by atoms with E-state index in [1.54, 1.807) is 0 Å². The van der Waals surface area contributed by atoms with Crippen molar-refractivity contribution in [2.75, 3.05) is 26.2 Å². The van der Waals surface area contributed by atoms with E-state index in [2.05, 4.69) is 11.6 Å². The second-order valence-corrected chi connectivity index (χ2v) is 7.44. The first-order valence-corrected chi connectivity index (χ1v) is 7.75. The molecule has 1 aliphatic heterocycles. The first-order valence-electron chi connectivity index (χ1n) is 6.31. The molecule has 1 heterocycles. The Bertz CT molecular complexity index is 365. The van der Waals surface area contributed by atoms with Gasteiger partial charge in [0.2, 0.25) is 0 Å². The zero-order chi connectivity index (χ0) is 12.5. The van der Waals surface area contributed by atoms with E-state index in [0.717, 1.165) is 25.7 Å². The van der Waals surface area contributed by atoms with E-state index in [-0.39, 0.29) is 17.9 Å². The van der Waals surface area contributed by atoms with E-state index < -0.39 is 10.2 Å². The number of hydrogen-bond acceptors (Lipinski definition) is 3. The smallest absolute Gasteiger partial charge is 0.279 e. The maximum Gasteiger partial charge on any atom is 0.279 e. The molecule has 2 fully saturated rings. The largest absolute Gasteiger partial charge is 0.396 e. The van der Waals surface area contributed by atoms with Crippen molar-refractivity contribution in [2.45, 2.75) is 32.6 Å². The molecule has 0 aromatic carbocycles. The van der Waals surface area contributed by atoms with Crippen LogP contribution in [0.15, 0.2) is 0 Å². The molecule has 2 rings (SSSR count). The lowest BCUT2D eigenvalue weighted by atomic mass is 10.0. The van der Waals surface area contributed by atoms with Gasteiger partial charge in [0.15, 0.2) is 0 Å². The summed E-state index contributed by atoms with van der Waals surface area (Å²) in [7, 11) is -3.35. The van der Waals surface area contributed by atoms with Gasteiger partial charge in [0.05, 0.1) is 0 Å². The fraction of sp³-hybridized carbons (Fsp3) is 1.00. The molecule has 1 saturated carbocycles. The minimum absolute atomic E-state index is 0.0732. The maximum absolute atomic E-state index is 12.1. The predicted octanol–water partition coefficient (Wildman–Crippen LogP) is 0.325. The molecule has 0 spiro atoms. The molecule has 2 N–H and O–H groups in total. The lowest BCUT2D eigenvalue weighted by Gasteiger charge is -2.31. The molecule has 1 aliphatic carbocycles. The summed E-state index contributed by atoms with van der Waals surface area (Å²) in [5, 5.41) is 9.10. The van der Waals surface area contributed by atoms with Crippen LogP contribution in [0.1, 0.15) is 32.6 Å². The van der Waals surface area contributed by atoms with Crippen molar-refractivity contribution in [3.05, 3.63) is 0 Å². The summed E-state index contributed by atoms with van der Waals surface area (Å²) in [6.07, 6.45) is 3.97. The van der Waals surface area contributed by atoms with Gasteiger partial charge in [-0.2, -0.15) is 12.7 Å². The Morgan fingerprint density at radius 1 is 1.47 bits per heavy atom. The monoisotopic (exact) mass is 262 g/mol. The third-order valence-electron chi connectivity index (χ3n) is 3.86. The lowest BCUT2D eigenvalue weighted by Crippen LogP contribution is -2.47. The topological polar surface area (TPSA) is 69.6 Å². The van der Waals surface area contributed by atoms with Gasteiger partial charge in [-0.1, -0.05) is 6.92 Å².